The summed E-state index contributed by atoms with van der Waals surface area (Å²) in [5, 5.41) is 0. The number of carbonyl (C=O) groups is 3. The number of esters is 2. The molecule has 5 heteroatoms. The first-order valence-electron chi connectivity index (χ1n) is 11.5. The molecule has 5 nitrogen and oxygen atoms in total. The normalized spacial score (nSPS) is 35.7. The van der Waals surface area contributed by atoms with Crippen LogP contribution in [0.1, 0.15) is 80.6 Å². The van der Waals surface area contributed by atoms with Crippen LogP contribution in [0.15, 0.2) is 12.2 Å². The van der Waals surface area contributed by atoms with Crippen LogP contribution in [0.25, 0.3) is 0 Å². The molecule has 0 saturated heterocycles. The highest BCUT2D eigenvalue weighted by Gasteiger charge is 2.58. The number of ketones is 1. The molecule has 0 heterocycles. The van der Waals surface area contributed by atoms with Gasteiger partial charge in [-0.25, -0.2) is 0 Å². The summed E-state index contributed by atoms with van der Waals surface area (Å²) < 4.78 is 12.1. The highest BCUT2D eigenvalue weighted by molar-refractivity contribution is 5.80. The van der Waals surface area contributed by atoms with Crippen molar-refractivity contribution in [2.75, 3.05) is 0 Å². The first kappa shape index (κ1) is 24.6. The van der Waals surface area contributed by atoms with Crippen LogP contribution in [0.2, 0.25) is 0 Å². The van der Waals surface area contributed by atoms with Crippen LogP contribution in [0, 0.1) is 35.0 Å². The average Bonchev–Trinajstić information content (AvgIpc) is 2.69. The van der Waals surface area contributed by atoms with Crippen LogP contribution in [0.4, 0.5) is 0 Å². The molecule has 2 rings (SSSR count). The first-order valence-corrected chi connectivity index (χ1v) is 11.5. The summed E-state index contributed by atoms with van der Waals surface area (Å²) >= 11 is 0. The maximum Gasteiger partial charge on any atom is 0.309 e. The maximum atomic E-state index is 12.8. The second-order valence-electron chi connectivity index (χ2n) is 10.0. The number of hydrogen-bond acceptors (Lipinski definition) is 5. The molecule has 2 fully saturated rings. The summed E-state index contributed by atoms with van der Waals surface area (Å²) in [6, 6.07) is 0. The molecule has 0 radical (unpaired) electrons. The van der Waals surface area contributed by atoms with E-state index in [2.05, 4.69) is 20.4 Å². The van der Waals surface area contributed by atoms with Crippen molar-refractivity contribution in [3.63, 3.8) is 0 Å². The summed E-state index contributed by atoms with van der Waals surface area (Å²) in [5.74, 6) is -0.959. The number of hydrogen-bond donors (Lipinski definition) is 0. The van der Waals surface area contributed by atoms with Crippen LogP contribution in [0.5, 0.6) is 0 Å². The summed E-state index contributed by atoms with van der Waals surface area (Å²) in [7, 11) is 0. The molecule has 0 N–H and O–H groups in total. The molecule has 2 aliphatic carbocycles. The Morgan fingerprint density at radius 2 is 1.57 bits per heavy atom. The topological polar surface area (TPSA) is 69.7 Å². The molecule has 0 amide bonds. The predicted octanol–water partition coefficient (Wildman–Crippen LogP) is 5.12. The third-order valence-corrected chi connectivity index (χ3v) is 7.90. The summed E-state index contributed by atoms with van der Waals surface area (Å²) in [6.45, 7) is 18.0. The summed E-state index contributed by atoms with van der Waals surface area (Å²) in [4.78, 5) is 38.1. The second-order valence-corrected chi connectivity index (χ2v) is 10.0. The van der Waals surface area contributed by atoms with E-state index in [1.165, 1.54) is 0 Å². The van der Waals surface area contributed by atoms with E-state index in [4.69, 9.17) is 9.47 Å². The molecule has 2 aliphatic rings. The second kappa shape index (κ2) is 9.65. The van der Waals surface area contributed by atoms with Gasteiger partial charge in [0.1, 0.15) is 18.0 Å². The Bertz CT molecular complexity index is 683. The van der Waals surface area contributed by atoms with Gasteiger partial charge in [-0.1, -0.05) is 53.7 Å². The number of carbonyl (C=O) groups excluding carboxylic acids is 3. The Morgan fingerprint density at radius 1 is 1.07 bits per heavy atom. The molecule has 0 unspecified atom stereocenters. The zero-order valence-electron chi connectivity index (χ0n) is 19.8. The lowest BCUT2D eigenvalue weighted by atomic mass is 9.51. The molecule has 0 spiro atoms. The van der Waals surface area contributed by atoms with Gasteiger partial charge in [0.2, 0.25) is 0 Å². The Morgan fingerprint density at radius 3 is 2.03 bits per heavy atom. The fourth-order valence-corrected chi connectivity index (χ4v) is 4.98. The number of fused-ring (bicyclic) bond motifs is 1. The Labute approximate surface area is 182 Å². The standard InChI is InChI=1S/C25H40O5/c1-9-15(5)23(27)29-21-19(14(3)4)13-25(8)17(7)11-18(26)12-20(25)22(21)30-24(28)16(6)10-2/h15-17,19-22H,3,9-13H2,1-2,4-8H3/t15-,16-,17+,19-,20-,21-,22+,25-/m1/s1. The fourth-order valence-electron chi connectivity index (χ4n) is 4.98. The summed E-state index contributed by atoms with van der Waals surface area (Å²) in [5.41, 5.74) is 0.738. The van der Waals surface area contributed by atoms with Crippen molar-refractivity contribution in [2.24, 2.45) is 35.0 Å². The van der Waals surface area contributed by atoms with Crippen molar-refractivity contribution >= 4 is 17.7 Å². The zero-order valence-corrected chi connectivity index (χ0v) is 19.8. The monoisotopic (exact) mass is 420 g/mol. The molecular weight excluding hydrogens is 380 g/mol. The minimum absolute atomic E-state index is 0.107. The molecule has 170 valence electrons. The quantitative estimate of drug-likeness (QED) is 0.422. The predicted molar refractivity (Wildman–Crippen MR) is 117 cm³/mol. The number of ether oxygens (including phenoxy) is 2. The van der Waals surface area contributed by atoms with Gasteiger partial charge in [0.25, 0.3) is 0 Å². The van der Waals surface area contributed by atoms with Gasteiger partial charge in [-0.05, 0) is 37.5 Å². The molecule has 0 aromatic heterocycles. The van der Waals surface area contributed by atoms with E-state index < -0.39 is 12.2 Å². The van der Waals surface area contributed by atoms with Crippen LogP contribution >= 0.6 is 0 Å². The van der Waals surface area contributed by atoms with E-state index in [1.54, 1.807) is 0 Å². The van der Waals surface area contributed by atoms with Crippen LogP contribution in [0.3, 0.4) is 0 Å². The molecule has 8 atom stereocenters. The third kappa shape index (κ3) is 4.81. The lowest BCUT2D eigenvalue weighted by Crippen LogP contribution is -2.60. The number of rotatable bonds is 7. The molecule has 0 aliphatic heterocycles. The van der Waals surface area contributed by atoms with Gasteiger partial charge < -0.3 is 9.47 Å². The van der Waals surface area contributed by atoms with E-state index >= 15 is 0 Å². The van der Waals surface area contributed by atoms with Crippen molar-refractivity contribution in [1.82, 2.24) is 0 Å². The van der Waals surface area contributed by atoms with E-state index in [1.807, 2.05) is 34.6 Å². The lowest BCUT2D eigenvalue weighted by molar-refractivity contribution is -0.206. The van der Waals surface area contributed by atoms with Crippen molar-refractivity contribution in [1.29, 1.82) is 0 Å². The molecule has 0 aromatic rings. The van der Waals surface area contributed by atoms with Crippen molar-refractivity contribution in [3.8, 4) is 0 Å². The highest BCUT2D eigenvalue weighted by atomic mass is 16.6. The average molecular weight is 421 g/mol. The van der Waals surface area contributed by atoms with Crippen molar-refractivity contribution in [3.05, 3.63) is 12.2 Å². The minimum Gasteiger partial charge on any atom is -0.458 e. The fraction of sp³-hybridized carbons (Fsp3) is 0.800. The van der Waals surface area contributed by atoms with Gasteiger partial charge in [0.15, 0.2) is 0 Å². The Hall–Kier alpha value is -1.65. The van der Waals surface area contributed by atoms with Crippen LogP contribution in [-0.2, 0) is 23.9 Å². The van der Waals surface area contributed by atoms with E-state index in [-0.39, 0.29) is 52.7 Å². The van der Waals surface area contributed by atoms with Gasteiger partial charge in [0.05, 0.1) is 11.8 Å². The summed E-state index contributed by atoms with van der Waals surface area (Å²) in [6.07, 6.45) is 1.79. The van der Waals surface area contributed by atoms with Crippen LogP contribution < -0.4 is 0 Å². The smallest absolute Gasteiger partial charge is 0.309 e. The van der Waals surface area contributed by atoms with E-state index in [0.717, 1.165) is 12.0 Å². The van der Waals surface area contributed by atoms with Crippen molar-refractivity contribution in [2.45, 2.75) is 92.8 Å². The zero-order chi connectivity index (χ0) is 22.8. The molecule has 0 aromatic carbocycles. The molecule has 0 bridgehead atoms. The maximum absolute atomic E-state index is 12.8. The van der Waals surface area contributed by atoms with Crippen LogP contribution in [-0.4, -0.2) is 29.9 Å². The first-order chi connectivity index (χ1) is 14.0. The van der Waals surface area contributed by atoms with Gasteiger partial charge in [0, 0.05) is 24.7 Å². The molecule has 2 saturated carbocycles. The van der Waals surface area contributed by atoms with Gasteiger partial charge in [-0.3, -0.25) is 14.4 Å². The van der Waals surface area contributed by atoms with Gasteiger partial charge in [-0.15, -0.1) is 0 Å². The Kier molecular flexibility index (Phi) is 7.92. The molecular formula is C25H40O5. The number of Topliss-reactive ketones (excluding diaryl/α,β-unsaturated/α-hetero) is 1. The highest BCUT2D eigenvalue weighted by Crippen LogP contribution is 2.56. The minimum atomic E-state index is -0.633. The van der Waals surface area contributed by atoms with Crippen molar-refractivity contribution < 1.29 is 23.9 Å². The third-order valence-electron chi connectivity index (χ3n) is 7.90. The van der Waals surface area contributed by atoms with Gasteiger partial charge in [-0.2, -0.15) is 0 Å². The Balaban J connectivity index is 2.50. The largest absolute Gasteiger partial charge is 0.458 e. The molecule has 30 heavy (non-hydrogen) atoms. The van der Waals surface area contributed by atoms with E-state index in [0.29, 0.717) is 25.7 Å². The SMILES string of the molecule is C=C(C)[C@H]1C[C@@]2(C)[C@H](CC(=O)C[C@@H]2C)[C@H](OC(=O)[C@H](C)CC)[C@@H]1OC(=O)[C@H](C)CC. The van der Waals surface area contributed by atoms with E-state index in [9.17, 15) is 14.4 Å². The lowest BCUT2D eigenvalue weighted by Gasteiger charge is -2.56. The van der Waals surface area contributed by atoms with Gasteiger partial charge >= 0.3 is 11.9 Å².